The highest BCUT2D eigenvalue weighted by Crippen LogP contribution is 2.32. The van der Waals surface area contributed by atoms with Crippen LogP contribution in [0.3, 0.4) is 0 Å². The van der Waals surface area contributed by atoms with E-state index in [1.54, 1.807) is 0 Å². The third kappa shape index (κ3) is 3.70. The van der Waals surface area contributed by atoms with Gasteiger partial charge in [-0.15, -0.1) is 0 Å². The van der Waals surface area contributed by atoms with Gasteiger partial charge in [0.25, 0.3) is 15.9 Å². The van der Waals surface area contributed by atoms with Crippen molar-refractivity contribution >= 4 is 33.2 Å². The van der Waals surface area contributed by atoms with E-state index < -0.39 is 16.1 Å². The molecule has 2 N–H and O–H groups in total. The van der Waals surface area contributed by atoms with Gasteiger partial charge in [-0.3, -0.25) is 9.52 Å². The topological polar surface area (TPSA) is 118 Å². The first kappa shape index (κ1) is 19.7. The number of hydrogen-bond acceptors (Lipinski definition) is 7. The van der Waals surface area contributed by atoms with Crippen LogP contribution in [0, 0.1) is 0 Å². The van der Waals surface area contributed by atoms with E-state index in [4.69, 9.17) is 21.1 Å². The minimum Gasteiger partial charge on any atom is -0.495 e. The zero-order valence-corrected chi connectivity index (χ0v) is 16.9. The number of fused-ring (bicyclic) bond motifs is 2. The van der Waals surface area contributed by atoms with Crippen LogP contribution in [0.1, 0.15) is 16.8 Å². The Morgan fingerprint density at radius 2 is 2.17 bits per heavy atom. The average molecular weight is 440 g/mol. The number of nitrogens with zero attached hydrogens (tertiary/aromatic N) is 2. The van der Waals surface area contributed by atoms with Crippen molar-refractivity contribution in [1.82, 2.24) is 9.88 Å². The van der Waals surface area contributed by atoms with Gasteiger partial charge >= 0.3 is 0 Å². The van der Waals surface area contributed by atoms with Crippen molar-refractivity contribution in [2.45, 2.75) is 23.5 Å². The number of hydrogen-bond donors (Lipinski definition) is 2. The van der Waals surface area contributed by atoms with Crippen LogP contribution in [0.5, 0.6) is 11.6 Å². The van der Waals surface area contributed by atoms with E-state index in [1.165, 1.54) is 42.5 Å². The van der Waals surface area contributed by atoms with Crippen LogP contribution >= 0.6 is 11.6 Å². The smallest absolute Gasteiger partial charge is 0.265 e. The fourth-order valence-electron chi connectivity index (χ4n) is 3.48. The van der Waals surface area contributed by atoms with Crippen molar-refractivity contribution in [2.75, 3.05) is 25.0 Å². The molecule has 1 amide bonds. The molecular formula is C18H18ClN3O6S. The third-order valence-corrected chi connectivity index (χ3v) is 6.45. The van der Waals surface area contributed by atoms with Gasteiger partial charge in [0.1, 0.15) is 22.8 Å². The summed E-state index contributed by atoms with van der Waals surface area (Å²) in [6, 6.07) is 5.35. The molecule has 154 valence electrons. The highest BCUT2D eigenvalue weighted by molar-refractivity contribution is 7.92. The second kappa shape index (κ2) is 7.36. The number of aliphatic hydroxyl groups excluding tert-OH is 1. The number of methoxy groups -OCH3 is 1. The van der Waals surface area contributed by atoms with Crippen molar-refractivity contribution in [2.24, 2.45) is 0 Å². The van der Waals surface area contributed by atoms with Crippen LogP contribution in [0.15, 0.2) is 35.4 Å². The fourth-order valence-corrected chi connectivity index (χ4v) is 4.94. The molecule has 0 spiro atoms. The summed E-state index contributed by atoms with van der Waals surface area (Å²) < 4.78 is 38.8. The molecule has 2 aromatic rings. The summed E-state index contributed by atoms with van der Waals surface area (Å²) in [5.41, 5.74) is 0.209. The van der Waals surface area contributed by atoms with Crippen molar-refractivity contribution in [3.63, 3.8) is 0 Å². The highest BCUT2D eigenvalue weighted by atomic mass is 35.5. The van der Waals surface area contributed by atoms with Crippen LogP contribution in [-0.2, 0) is 10.0 Å². The molecule has 0 bridgehead atoms. The summed E-state index contributed by atoms with van der Waals surface area (Å²) in [5.74, 6) is -0.118. The Hall–Kier alpha value is -2.56. The minimum absolute atomic E-state index is 0.0842. The van der Waals surface area contributed by atoms with Gasteiger partial charge in [0.2, 0.25) is 5.88 Å². The van der Waals surface area contributed by atoms with Gasteiger partial charge in [-0.05, 0) is 30.7 Å². The first-order valence-corrected chi connectivity index (χ1v) is 10.6. The first-order valence-electron chi connectivity index (χ1n) is 8.76. The van der Waals surface area contributed by atoms with Crippen LogP contribution in [0.2, 0.25) is 5.02 Å². The van der Waals surface area contributed by atoms with Crippen molar-refractivity contribution in [1.29, 1.82) is 0 Å². The number of aromatic nitrogens is 1. The van der Waals surface area contributed by atoms with Gasteiger partial charge in [-0.2, -0.15) is 0 Å². The predicted molar refractivity (Wildman–Crippen MR) is 104 cm³/mol. The van der Waals surface area contributed by atoms with Crippen LogP contribution < -0.4 is 14.2 Å². The maximum atomic E-state index is 12.9. The molecule has 4 rings (SSSR count). The van der Waals surface area contributed by atoms with Gasteiger partial charge in [-0.1, -0.05) is 11.6 Å². The number of sulfonamides is 1. The SMILES string of the molecule is COc1ccc(Cl)cc1S(=O)(=O)Nc1cnc2c(c1)C(=O)N1C[C@H](O)C[C@H]1CO2. The van der Waals surface area contributed by atoms with Gasteiger partial charge in [0.05, 0.1) is 31.1 Å². The summed E-state index contributed by atoms with van der Waals surface area (Å²) in [6.07, 6.45) is 1.08. The number of nitrogens with one attached hydrogen (secondary N) is 1. The van der Waals surface area contributed by atoms with E-state index in [0.717, 1.165) is 0 Å². The summed E-state index contributed by atoms with van der Waals surface area (Å²) in [6.45, 7) is 0.412. The number of anilines is 1. The number of pyridine rings is 1. The van der Waals surface area contributed by atoms with Gasteiger partial charge in [-0.25, -0.2) is 13.4 Å². The minimum atomic E-state index is -4.06. The van der Waals surface area contributed by atoms with Crippen molar-refractivity contribution in [3.05, 3.63) is 41.0 Å². The maximum Gasteiger partial charge on any atom is 0.265 e. The molecule has 29 heavy (non-hydrogen) atoms. The zero-order chi connectivity index (χ0) is 20.8. The Morgan fingerprint density at radius 1 is 1.38 bits per heavy atom. The van der Waals surface area contributed by atoms with E-state index in [1.807, 2.05) is 0 Å². The quantitative estimate of drug-likeness (QED) is 0.741. The lowest BCUT2D eigenvalue weighted by atomic mass is 10.2. The van der Waals surface area contributed by atoms with E-state index in [0.29, 0.717) is 6.42 Å². The van der Waals surface area contributed by atoms with Crippen LogP contribution in [0.25, 0.3) is 0 Å². The molecule has 1 aromatic carbocycles. The number of ether oxygens (including phenoxy) is 2. The Kier molecular flexibility index (Phi) is 5.01. The molecular weight excluding hydrogens is 422 g/mol. The molecule has 1 aromatic heterocycles. The van der Waals surface area contributed by atoms with E-state index in [2.05, 4.69) is 9.71 Å². The molecule has 0 unspecified atom stereocenters. The van der Waals surface area contributed by atoms with Gasteiger partial charge in [0, 0.05) is 11.6 Å². The number of carbonyl (C=O) groups is 1. The molecule has 3 heterocycles. The van der Waals surface area contributed by atoms with E-state index in [9.17, 15) is 18.3 Å². The molecule has 0 saturated carbocycles. The lowest BCUT2D eigenvalue weighted by Crippen LogP contribution is -2.37. The second-order valence-electron chi connectivity index (χ2n) is 6.79. The lowest BCUT2D eigenvalue weighted by molar-refractivity contribution is 0.0709. The molecule has 0 radical (unpaired) electrons. The van der Waals surface area contributed by atoms with Gasteiger partial charge in [0.15, 0.2) is 0 Å². The Morgan fingerprint density at radius 3 is 2.93 bits per heavy atom. The molecule has 2 aliphatic heterocycles. The molecule has 0 aliphatic carbocycles. The standard InChI is InChI=1S/C18H18ClN3O6S/c1-27-15-3-2-10(19)4-16(15)29(25,26)21-11-5-14-17(20-7-11)28-9-12-6-13(23)8-22(12)18(14)24/h2-5,7,12-13,21,23H,6,8-9H2,1H3/t12-,13+/m0/s1. The van der Waals surface area contributed by atoms with Crippen LogP contribution in [-0.4, -0.2) is 61.7 Å². The molecule has 9 nitrogen and oxygen atoms in total. The normalized spacial score (nSPS) is 21.1. The average Bonchev–Trinajstić information content (AvgIpc) is 3.01. The van der Waals surface area contributed by atoms with Crippen molar-refractivity contribution in [3.8, 4) is 11.6 Å². The van der Waals surface area contributed by atoms with Gasteiger partial charge < -0.3 is 19.5 Å². The summed E-state index contributed by atoms with van der Waals surface area (Å²) in [7, 11) is -2.71. The Balaban J connectivity index is 1.67. The highest BCUT2D eigenvalue weighted by Gasteiger charge is 2.39. The predicted octanol–water partition coefficient (Wildman–Crippen LogP) is 1.51. The number of halogens is 1. The largest absolute Gasteiger partial charge is 0.495 e. The molecule has 2 atom stereocenters. The van der Waals surface area contributed by atoms with E-state index >= 15 is 0 Å². The summed E-state index contributed by atoms with van der Waals surface area (Å²) in [5, 5.41) is 10.1. The Bertz CT molecular complexity index is 1080. The summed E-state index contributed by atoms with van der Waals surface area (Å²) in [4.78, 5) is 18.4. The monoisotopic (exact) mass is 439 g/mol. The molecule has 2 aliphatic rings. The number of amides is 1. The molecule has 1 fully saturated rings. The number of aliphatic hydroxyl groups is 1. The van der Waals surface area contributed by atoms with Crippen LogP contribution in [0.4, 0.5) is 5.69 Å². The fraction of sp³-hybridized carbons (Fsp3) is 0.333. The number of benzene rings is 1. The zero-order valence-electron chi connectivity index (χ0n) is 15.3. The second-order valence-corrected chi connectivity index (χ2v) is 8.88. The number of carbonyl (C=O) groups excluding carboxylic acids is 1. The van der Waals surface area contributed by atoms with E-state index in [-0.39, 0.29) is 57.9 Å². The summed E-state index contributed by atoms with van der Waals surface area (Å²) >= 11 is 5.93. The maximum absolute atomic E-state index is 12.9. The molecule has 11 heteroatoms. The third-order valence-electron chi connectivity index (χ3n) is 4.81. The Labute approximate surface area is 172 Å². The lowest BCUT2D eigenvalue weighted by Gasteiger charge is -2.20. The first-order chi connectivity index (χ1) is 13.8. The number of rotatable bonds is 4. The molecule has 1 saturated heterocycles. The van der Waals surface area contributed by atoms with Crippen molar-refractivity contribution < 1.29 is 27.8 Å².